The number of nitrogens with zero attached hydrogens (tertiary/aromatic N) is 3. The molecular weight excluding hydrogens is 340 g/mol. The summed E-state index contributed by atoms with van der Waals surface area (Å²) in [6, 6.07) is 7.94. The van der Waals surface area contributed by atoms with Crippen molar-refractivity contribution in [3.8, 4) is 0 Å². The second kappa shape index (κ2) is 8.40. The predicted molar refractivity (Wildman–Crippen MR) is 105 cm³/mol. The SMILES string of the molecule is O=C(CCc1nc2ccccc2[nH]1)N1C[C@@H](CO)[C@@H](CN2CCCCC2)C1. The van der Waals surface area contributed by atoms with Crippen LogP contribution in [0.4, 0.5) is 0 Å². The molecule has 1 aromatic heterocycles. The number of fused-ring (bicyclic) bond motifs is 1. The van der Waals surface area contributed by atoms with E-state index in [0.717, 1.165) is 43.0 Å². The van der Waals surface area contributed by atoms with Gasteiger partial charge in [0.1, 0.15) is 5.82 Å². The summed E-state index contributed by atoms with van der Waals surface area (Å²) in [5.41, 5.74) is 1.96. The van der Waals surface area contributed by atoms with Gasteiger partial charge in [0.2, 0.25) is 5.91 Å². The van der Waals surface area contributed by atoms with Gasteiger partial charge in [0.15, 0.2) is 0 Å². The van der Waals surface area contributed by atoms with Gasteiger partial charge >= 0.3 is 0 Å². The summed E-state index contributed by atoms with van der Waals surface area (Å²) < 4.78 is 0. The molecule has 2 N–H and O–H groups in total. The number of aliphatic hydroxyl groups is 1. The number of rotatable bonds is 6. The van der Waals surface area contributed by atoms with E-state index >= 15 is 0 Å². The second-order valence-electron chi connectivity index (χ2n) is 8.06. The molecule has 2 fully saturated rings. The molecule has 6 heteroatoms. The fourth-order valence-electron chi connectivity index (χ4n) is 4.54. The molecule has 0 saturated carbocycles. The highest BCUT2D eigenvalue weighted by molar-refractivity contribution is 5.77. The summed E-state index contributed by atoms with van der Waals surface area (Å²) >= 11 is 0. The number of carbonyl (C=O) groups is 1. The molecule has 0 radical (unpaired) electrons. The van der Waals surface area contributed by atoms with Crippen LogP contribution in [0.15, 0.2) is 24.3 Å². The lowest BCUT2D eigenvalue weighted by Gasteiger charge is -2.30. The van der Waals surface area contributed by atoms with E-state index in [2.05, 4.69) is 14.9 Å². The van der Waals surface area contributed by atoms with Crippen LogP contribution in [0.2, 0.25) is 0 Å². The first-order valence-electron chi connectivity index (χ1n) is 10.3. The van der Waals surface area contributed by atoms with Gasteiger partial charge in [-0.15, -0.1) is 0 Å². The number of aryl methyl sites for hydroxylation is 1. The third-order valence-electron chi connectivity index (χ3n) is 6.12. The van der Waals surface area contributed by atoms with Gasteiger partial charge in [-0.2, -0.15) is 0 Å². The van der Waals surface area contributed by atoms with Gasteiger partial charge in [-0.3, -0.25) is 4.79 Å². The number of aromatic amines is 1. The summed E-state index contributed by atoms with van der Waals surface area (Å²) in [6.07, 6.45) is 4.98. The number of nitrogens with one attached hydrogen (secondary N) is 1. The van der Waals surface area contributed by atoms with E-state index in [-0.39, 0.29) is 18.4 Å². The molecule has 2 aromatic rings. The third-order valence-corrected chi connectivity index (χ3v) is 6.12. The Kier molecular flexibility index (Phi) is 5.74. The molecule has 0 bridgehead atoms. The molecule has 0 spiro atoms. The number of para-hydroxylation sites is 2. The number of piperidine rings is 1. The van der Waals surface area contributed by atoms with E-state index in [1.54, 1.807) is 0 Å². The molecule has 27 heavy (non-hydrogen) atoms. The number of aromatic nitrogens is 2. The highest BCUT2D eigenvalue weighted by atomic mass is 16.3. The largest absolute Gasteiger partial charge is 0.396 e. The summed E-state index contributed by atoms with van der Waals surface area (Å²) in [5, 5.41) is 9.78. The Morgan fingerprint density at radius 1 is 1.15 bits per heavy atom. The molecule has 3 heterocycles. The van der Waals surface area contributed by atoms with Gasteiger partial charge in [-0.05, 0) is 44.0 Å². The summed E-state index contributed by atoms with van der Waals surface area (Å²) in [5.74, 6) is 1.65. The Morgan fingerprint density at radius 3 is 2.70 bits per heavy atom. The Morgan fingerprint density at radius 2 is 1.93 bits per heavy atom. The van der Waals surface area contributed by atoms with Crippen molar-refractivity contribution in [2.24, 2.45) is 11.8 Å². The fourth-order valence-corrected chi connectivity index (χ4v) is 4.54. The quantitative estimate of drug-likeness (QED) is 0.816. The van der Waals surface area contributed by atoms with Crippen LogP contribution >= 0.6 is 0 Å². The van der Waals surface area contributed by atoms with Crippen LogP contribution in [0.25, 0.3) is 11.0 Å². The van der Waals surface area contributed by atoms with Crippen LogP contribution in [0.5, 0.6) is 0 Å². The van der Waals surface area contributed by atoms with E-state index in [4.69, 9.17) is 0 Å². The van der Waals surface area contributed by atoms with Crippen molar-refractivity contribution in [2.75, 3.05) is 39.3 Å². The Balaban J connectivity index is 1.31. The Labute approximate surface area is 160 Å². The third kappa shape index (κ3) is 4.33. The molecule has 2 saturated heterocycles. The second-order valence-corrected chi connectivity index (χ2v) is 8.06. The van der Waals surface area contributed by atoms with Crippen molar-refractivity contribution < 1.29 is 9.90 Å². The van der Waals surface area contributed by atoms with Crippen LogP contribution in [-0.4, -0.2) is 70.1 Å². The highest BCUT2D eigenvalue weighted by Gasteiger charge is 2.35. The lowest BCUT2D eigenvalue weighted by atomic mass is 9.95. The maximum atomic E-state index is 12.7. The predicted octanol–water partition coefficient (Wildman–Crippen LogP) is 2.05. The number of imidazole rings is 1. The molecule has 1 aromatic carbocycles. The van der Waals surface area contributed by atoms with E-state index in [1.165, 1.54) is 19.3 Å². The van der Waals surface area contributed by atoms with Gasteiger partial charge in [0.25, 0.3) is 0 Å². The summed E-state index contributed by atoms with van der Waals surface area (Å²) in [6.45, 7) is 4.97. The lowest BCUT2D eigenvalue weighted by molar-refractivity contribution is -0.130. The number of hydrogen-bond acceptors (Lipinski definition) is 4. The van der Waals surface area contributed by atoms with Crippen LogP contribution in [-0.2, 0) is 11.2 Å². The Hall–Kier alpha value is -1.92. The van der Waals surface area contributed by atoms with Gasteiger partial charge < -0.3 is 19.9 Å². The average molecular weight is 370 g/mol. The molecule has 2 atom stereocenters. The molecule has 0 aliphatic carbocycles. The van der Waals surface area contributed by atoms with Crippen molar-refractivity contribution in [1.82, 2.24) is 19.8 Å². The zero-order valence-corrected chi connectivity index (χ0v) is 15.9. The van der Waals surface area contributed by atoms with Crippen LogP contribution < -0.4 is 0 Å². The number of carbonyl (C=O) groups excluding carboxylic acids is 1. The number of aliphatic hydroxyl groups excluding tert-OH is 1. The molecule has 146 valence electrons. The minimum atomic E-state index is 0.172. The number of H-pyrrole nitrogens is 1. The van der Waals surface area contributed by atoms with Gasteiger partial charge in [0.05, 0.1) is 11.0 Å². The minimum Gasteiger partial charge on any atom is -0.396 e. The highest BCUT2D eigenvalue weighted by Crippen LogP contribution is 2.26. The maximum Gasteiger partial charge on any atom is 0.223 e. The monoisotopic (exact) mass is 370 g/mol. The molecule has 2 aliphatic rings. The average Bonchev–Trinajstić information content (AvgIpc) is 3.30. The number of likely N-dealkylation sites (tertiary alicyclic amines) is 2. The number of amides is 1. The van der Waals surface area contributed by atoms with Gasteiger partial charge in [0, 0.05) is 45.0 Å². The van der Waals surface area contributed by atoms with Crippen molar-refractivity contribution in [1.29, 1.82) is 0 Å². The van der Waals surface area contributed by atoms with E-state index < -0.39 is 0 Å². The summed E-state index contributed by atoms with van der Waals surface area (Å²) in [4.78, 5) is 25.0. The maximum absolute atomic E-state index is 12.7. The zero-order chi connectivity index (χ0) is 18.6. The first-order chi connectivity index (χ1) is 13.2. The molecule has 0 unspecified atom stereocenters. The molecule has 2 aliphatic heterocycles. The molecule has 1 amide bonds. The van der Waals surface area contributed by atoms with Crippen LogP contribution in [0.3, 0.4) is 0 Å². The van der Waals surface area contributed by atoms with E-state index in [1.807, 2.05) is 29.2 Å². The van der Waals surface area contributed by atoms with Crippen molar-refractivity contribution in [3.05, 3.63) is 30.1 Å². The smallest absolute Gasteiger partial charge is 0.223 e. The normalized spacial score (nSPS) is 24.0. The Bertz CT molecular complexity index is 735. The summed E-state index contributed by atoms with van der Waals surface area (Å²) in [7, 11) is 0. The van der Waals surface area contributed by atoms with Crippen molar-refractivity contribution >= 4 is 16.9 Å². The zero-order valence-electron chi connectivity index (χ0n) is 15.9. The first-order valence-corrected chi connectivity index (χ1v) is 10.3. The van der Waals surface area contributed by atoms with E-state index in [9.17, 15) is 9.90 Å². The first kappa shape index (κ1) is 18.4. The van der Waals surface area contributed by atoms with Crippen molar-refractivity contribution in [2.45, 2.75) is 32.1 Å². The van der Waals surface area contributed by atoms with Gasteiger partial charge in [-0.1, -0.05) is 18.6 Å². The fraction of sp³-hybridized carbons (Fsp3) is 0.619. The minimum absolute atomic E-state index is 0.172. The molecule has 6 nitrogen and oxygen atoms in total. The molecular formula is C21H30N4O2. The standard InChI is InChI=1S/C21H30N4O2/c26-15-17-14-25(13-16(17)12-24-10-4-1-5-11-24)21(27)9-8-20-22-18-6-2-3-7-19(18)23-20/h2-3,6-7,16-17,26H,1,4-5,8-15H2,(H,22,23)/t16-,17-/m0/s1. The number of benzene rings is 1. The van der Waals surface area contributed by atoms with E-state index in [0.29, 0.717) is 25.3 Å². The van der Waals surface area contributed by atoms with Gasteiger partial charge in [-0.25, -0.2) is 4.98 Å². The topological polar surface area (TPSA) is 72.5 Å². The number of hydrogen-bond donors (Lipinski definition) is 2. The molecule has 4 rings (SSSR count). The van der Waals surface area contributed by atoms with Crippen LogP contribution in [0, 0.1) is 11.8 Å². The van der Waals surface area contributed by atoms with Crippen molar-refractivity contribution in [3.63, 3.8) is 0 Å². The van der Waals surface area contributed by atoms with Crippen LogP contribution in [0.1, 0.15) is 31.5 Å². The lowest BCUT2D eigenvalue weighted by Crippen LogP contribution is -2.37.